The van der Waals surface area contributed by atoms with E-state index < -0.39 is 0 Å². The summed E-state index contributed by atoms with van der Waals surface area (Å²) >= 11 is 8.76. The molecule has 21 heavy (non-hydrogen) atoms. The predicted octanol–water partition coefficient (Wildman–Crippen LogP) is 4.06. The second-order valence-electron chi connectivity index (χ2n) is 4.20. The van der Waals surface area contributed by atoms with Gasteiger partial charge in [0.15, 0.2) is 0 Å². The van der Waals surface area contributed by atoms with Gasteiger partial charge in [0.2, 0.25) is 5.13 Å². The number of nitrogens with one attached hydrogen (secondary N) is 2. The molecule has 0 saturated heterocycles. The zero-order valence-corrected chi connectivity index (χ0v) is 13.4. The number of anilines is 1. The molecular formula is C13H11ClN4OS2. The number of aryl methyl sites for hydroxylation is 1. The summed E-state index contributed by atoms with van der Waals surface area (Å²) < 4.78 is 0.689. The summed E-state index contributed by atoms with van der Waals surface area (Å²) in [4.78, 5) is 16.3. The van der Waals surface area contributed by atoms with Crippen LogP contribution in [0.25, 0.3) is 10.4 Å². The van der Waals surface area contributed by atoms with Gasteiger partial charge in [-0.2, -0.15) is 0 Å². The smallest absolute Gasteiger partial charge is 0.259 e. The van der Waals surface area contributed by atoms with Crippen LogP contribution in [0.15, 0.2) is 24.5 Å². The average molecular weight is 339 g/mol. The molecule has 0 radical (unpaired) electrons. The van der Waals surface area contributed by atoms with Gasteiger partial charge < -0.3 is 4.98 Å². The average Bonchev–Trinajstić information content (AvgIpc) is 3.17. The molecule has 0 aromatic carbocycles. The molecule has 5 nitrogen and oxygen atoms in total. The van der Waals surface area contributed by atoms with Crippen molar-refractivity contribution in [1.29, 1.82) is 0 Å². The van der Waals surface area contributed by atoms with Crippen LogP contribution in [0.5, 0.6) is 0 Å². The van der Waals surface area contributed by atoms with Gasteiger partial charge >= 0.3 is 0 Å². The third-order valence-corrected chi connectivity index (χ3v) is 5.07. The van der Waals surface area contributed by atoms with Crippen molar-refractivity contribution in [2.45, 2.75) is 13.3 Å². The number of hydrogen-bond acceptors (Lipinski definition) is 5. The van der Waals surface area contributed by atoms with Crippen LogP contribution in [0.4, 0.5) is 5.13 Å². The van der Waals surface area contributed by atoms with E-state index in [0.717, 1.165) is 21.9 Å². The maximum Gasteiger partial charge on any atom is 0.259 e. The van der Waals surface area contributed by atoms with Gasteiger partial charge in [0.25, 0.3) is 5.91 Å². The second kappa shape index (κ2) is 5.97. The lowest BCUT2D eigenvalue weighted by Crippen LogP contribution is -2.11. The molecule has 3 heterocycles. The summed E-state index contributed by atoms with van der Waals surface area (Å²) in [7, 11) is 0. The number of halogens is 1. The van der Waals surface area contributed by atoms with Gasteiger partial charge in [0, 0.05) is 22.8 Å². The summed E-state index contributed by atoms with van der Waals surface area (Å²) in [5, 5.41) is 12.1. The summed E-state index contributed by atoms with van der Waals surface area (Å²) in [6, 6.07) is 3.71. The molecule has 3 rings (SSSR count). The van der Waals surface area contributed by atoms with Gasteiger partial charge in [-0.25, -0.2) is 0 Å². The van der Waals surface area contributed by atoms with Gasteiger partial charge in [-0.05, 0) is 18.6 Å². The number of aromatic nitrogens is 3. The largest absolute Gasteiger partial charge is 0.366 e. The van der Waals surface area contributed by atoms with Gasteiger partial charge in [-0.15, -0.1) is 21.5 Å². The minimum Gasteiger partial charge on any atom is -0.366 e. The minimum absolute atomic E-state index is 0.213. The van der Waals surface area contributed by atoms with E-state index in [1.165, 1.54) is 22.7 Å². The zero-order chi connectivity index (χ0) is 14.8. The van der Waals surface area contributed by atoms with E-state index in [1.807, 2.05) is 19.1 Å². The Kier molecular flexibility index (Phi) is 4.05. The Morgan fingerprint density at radius 3 is 2.86 bits per heavy atom. The Balaban J connectivity index is 1.84. The summed E-state index contributed by atoms with van der Waals surface area (Å²) in [6.45, 7) is 2.00. The van der Waals surface area contributed by atoms with Crippen LogP contribution in [0.2, 0.25) is 4.34 Å². The predicted molar refractivity (Wildman–Crippen MR) is 86.4 cm³/mol. The number of thiophene rings is 1. The van der Waals surface area contributed by atoms with Crippen molar-refractivity contribution < 1.29 is 4.79 Å². The van der Waals surface area contributed by atoms with E-state index in [0.29, 0.717) is 15.0 Å². The molecular weight excluding hydrogens is 328 g/mol. The van der Waals surface area contributed by atoms with Crippen molar-refractivity contribution in [3.63, 3.8) is 0 Å². The van der Waals surface area contributed by atoms with Gasteiger partial charge in [0.1, 0.15) is 5.01 Å². The lowest BCUT2D eigenvalue weighted by molar-refractivity contribution is 0.102. The van der Waals surface area contributed by atoms with Crippen LogP contribution < -0.4 is 5.32 Å². The molecule has 0 bridgehead atoms. The highest BCUT2D eigenvalue weighted by Crippen LogP contribution is 2.33. The fourth-order valence-electron chi connectivity index (χ4n) is 1.83. The van der Waals surface area contributed by atoms with Crippen LogP contribution in [-0.2, 0) is 6.42 Å². The number of hydrogen-bond donors (Lipinski definition) is 2. The Morgan fingerprint density at radius 2 is 2.19 bits per heavy atom. The highest BCUT2D eigenvalue weighted by Gasteiger charge is 2.17. The van der Waals surface area contributed by atoms with E-state index in [9.17, 15) is 4.79 Å². The number of H-pyrrole nitrogens is 1. The summed E-state index contributed by atoms with van der Waals surface area (Å²) in [5.41, 5.74) is 1.38. The van der Waals surface area contributed by atoms with E-state index in [-0.39, 0.29) is 5.91 Å². The van der Waals surface area contributed by atoms with Crippen LogP contribution >= 0.6 is 34.3 Å². The highest BCUT2D eigenvalue weighted by atomic mass is 35.5. The standard InChI is InChI=1S/C13H11ClN4OS2/c1-2-11-17-18-13(21-11)16-12(19)8-6-15-5-7(8)9-3-4-10(14)20-9/h3-6,15H,2H2,1H3,(H,16,18,19). The monoisotopic (exact) mass is 338 g/mol. The van der Waals surface area contributed by atoms with E-state index in [1.54, 1.807) is 12.4 Å². The van der Waals surface area contributed by atoms with Crippen LogP contribution in [0.1, 0.15) is 22.3 Å². The van der Waals surface area contributed by atoms with Crippen molar-refractivity contribution in [2.75, 3.05) is 5.32 Å². The number of rotatable bonds is 4. The SMILES string of the molecule is CCc1nnc(NC(=O)c2c[nH]cc2-c2ccc(Cl)s2)s1. The lowest BCUT2D eigenvalue weighted by atomic mass is 10.1. The van der Waals surface area contributed by atoms with E-state index in [2.05, 4.69) is 20.5 Å². The fraction of sp³-hybridized carbons (Fsp3) is 0.154. The molecule has 0 saturated carbocycles. The number of carbonyl (C=O) groups excluding carboxylic acids is 1. The summed E-state index contributed by atoms with van der Waals surface area (Å²) in [6.07, 6.45) is 4.26. The topological polar surface area (TPSA) is 70.7 Å². The molecule has 2 N–H and O–H groups in total. The Hall–Kier alpha value is -1.70. The molecule has 0 spiro atoms. The van der Waals surface area contributed by atoms with Crippen molar-refractivity contribution >= 4 is 45.3 Å². The molecule has 1 amide bonds. The number of carbonyl (C=O) groups is 1. The third-order valence-electron chi connectivity index (χ3n) is 2.82. The van der Waals surface area contributed by atoms with Crippen molar-refractivity contribution in [3.05, 3.63) is 39.4 Å². The fourth-order valence-corrected chi connectivity index (χ4v) is 3.57. The molecule has 8 heteroatoms. The van der Waals surface area contributed by atoms with Crippen molar-refractivity contribution in [3.8, 4) is 10.4 Å². The Labute approximate surface area is 134 Å². The van der Waals surface area contributed by atoms with Crippen molar-refractivity contribution in [2.24, 2.45) is 0 Å². The first-order valence-corrected chi connectivity index (χ1v) is 8.24. The van der Waals surface area contributed by atoms with Crippen LogP contribution in [0.3, 0.4) is 0 Å². The van der Waals surface area contributed by atoms with Gasteiger partial charge in [0.05, 0.1) is 9.90 Å². The number of amides is 1. The first-order chi connectivity index (χ1) is 10.2. The van der Waals surface area contributed by atoms with Gasteiger partial charge in [-0.1, -0.05) is 29.9 Å². The molecule has 0 atom stereocenters. The number of nitrogens with zero attached hydrogens (tertiary/aromatic N) is 2. The molecule has 0 aliphatic heterocycles. The Bertz CT molecular complexity index is 777. The second-order valence-corrected chi connectivity index (χ2v) is 6.97. The Morgan fingerprint density at radius 1 is 1.33 bits per heavy atom. The maximum atomic E-state index is 12.4. The molecule has 3 aromatic rings. The first kappa shape index (κ1) is 14.2. The third kappa shape index (κ3) is 2.99. The minimum atomic E-state index is -0.213. The zero-order valence-electron chi connectivity index (χ0n) is 11.0. The first-order valence-electron chi connectivity index (χ1n) is 6.23. The highest BCUT2D eigenvalue weighted by molar-refractivity contribution is 7.19. The van der Waals surface area contributed by atoms with Gasteiger partial charge in [-0.3, -0.25) is 10.1 Å². The molecule has 0 unspecified atom stereocenters. The molecule has 0 aliphatic carbocycles. The van der Waals surface area contributed by atoms with Crippen LogP contribution in [0, 0.1) is 0 Å². The number of aromatic amines is 1. The molecule has 108 valence electrons. The normalized spacial score (nSPS) is 10.8. The van der Waals surface area contributed by atoms with E-state index >= 15 is 0 Å². The molecule has 3 aromatic heterocycles. The van der Waals surface area contributed by atoms with Crippen molar-refractivity contribution in [1.82, 2.24) is 15.2 Å². The maximum absolute atomic E-state index is 12.4. The lowest BCUT2D eigenvalue weighted by Gasteiger charge is -2.01. The summed E-state index contributed by atoms with van der Waals surface area (Å²) in [5.74, 6) is -0.213. The van der Waals surface area contributed by atoms with Crippen LogP contribution in [-0.4, -0.2) is 21.1 Å². The van der Waals surface area contributed by atoms with E-state index in [4.69, 9.17) is 11.6 Å². The molecule has 0 aliphatic rings. The molecule has 0 fully saturated rings. The quantitative estimate of drug-likeness (QED) is 0.753.